The molecule has 0 radical (unpaired) electrons. The van der Waals surface area contributed by atoms with Crippen LogP contribution in [0.5, 0.6) is 0 Å². The summed E-state index contributed by atoms with van der Waals surface area (Å²) in [5, 5.41) is 21.4. The first kappa shape index (κ1) is 17.7. The number of aromatic nitrogens is 4. The number of aliphatic hydroxyl groups is 1. The van der Waals surface area contributed by atoms with Crippen LogP contribution in [0.1, 0.15) is 54.5 Å². The largest absolute Gasteiger partial charge is 0.393 e. The molecule has 3 rings (SSSR count). The molecule has 1 aliphatic rings. The summed E-state index contributed by atoms with van der Waals surface area (Å²) in [5.41, 5.74) is 2.46. The molecule has 7 heteroatoms. The lowest BCUT2D eigenvalue weighted by Crippen LogP contribution is -2.41. The van der Waals surface area contributed by atoms with E-state index < -0.39 is 0 Å². The van der Waals surface area contributed by atoms with Crippen molar-refractivity contribution in [3.8, 4) is 0 Å². The Labute approximate surface area is 148 Å². The molecule has 7 nitrogen and oxygen atoms in total. The molecular formula is C18H27N5O2. The van der Waals surface area contributed by atoms with E-state index >= 15 is 0 Å². The van der Waals surface area contributed by atoms with Crippen LogP contribution in [0.3, 0.4) is 0 Å². The van der Waals surface area contributed by atoms with E-state index in [1.54, 1.807) is 22.6 Å². The predicted octanol–water partition coefficient (Wildman–Crippen LogP) is 1.59. The Hall–Kier alpha value is -2.15. The smallest absolute Gasteiger partial charge is 0.270 e. The van der Waals surface area contributed by atoms with E-state index in [9.17, 15) is 9.90 Å². The van der Waals surface area contributed by atoms with Crippen molar-refractivity contribution < 1.29 is 9.90 Å². The molecule has 136 valence electrons. The number of nitrogens with one attached hydrogen (secondary N) is 1. The molecule has 0 saturated heterocycles. The first-order chi connectivity index (χ1) is 11.8. The van der Waals surface area contributed by atoms with Gasteiger partial charge < -0.3 is 10.4 Å². The standard InChI is InChI=1S/C18H27N5O2/c1-11(2)5-14-8-16(23(4)21-14)18(25)20-17(12-6-15(24)7-12)13-9-19-22(3)10-13/h8-12,15,17,24H,5-7H2,1-4H3,(H,20,25)/t12?,15?,17-/m1/s1. The van der Waals surface area contributed by atoms with Crippen LogP contribution in [0.25, 0.3) is 0 Å². The van der Waals surface area contributed by atoms with Gasteiger partial charge in [0.2, 0.25) is 0 Å². The molecular weight excluding hydrogens is 318 g/mol. The van der Waals surface area contributed by atoms with E-state index in [0.29, 0.717) is 24.5 Å². The highest BCUT2D eigenvalue weighted by Crippen LogP contribution is 2.38. The highest BCUT2D eigenvalue weighted by molar-refractivity contribution is 5.93. The van der Waals surface area contributed by atoms with E-state index in [0.717, 1.165) is 17.7 Å². The molecule has 0 aromatic carbocycles. The fourth-order valence-electron chi connectivity index (χ4n) is 3.45. The molecule has 2 aromatic heterocycles. The van der Waals surface area contributed by atoms with E-state index in [-0.39, 0.29) is 24.0 Å². The number of aryl methyl sites for hydroxylation is 2. The van der Waals surface area contributed by atoms with Gasteiger partial charge in [-0.15, -0.1) is 0 Å². The molecule has 2 heterocycles. The van der Waals surface area contributed by atoms with Crippen LogP contribution in [0.4, 0.5) is 0 Å². The lowest BCUT2D eigenvalue weighted by molar-refractivity contribution is 0.0234. The van der Waals surface area contributed by atoms with Gasteiger partial charge in [0.05, 0.1) is 24.0 Å². The minimum atomic E-state index is -0.268. The summed E-state index contributed by atoms with van der Waals surface area (Å²) >= 11 is 0. The first-order valence-corrected chi connectivity index (χ1v) is 8.84. The second-order valence-corrected chi connectivity index (χ2v) is 7.53. The van der Waals surface area contributed by atoms with E-state index in [2.05, 4.69) is 29.4 Å². The summed E-state index contributed by atoms with van der Waals surface area (Å²) in [6.45, 7) is 4.27. The number of carbonyl (C=O) groups excluding carboxylic acids is 1. The summed E-state index contributed by atoms with van der Waals surface area (Å²) < 4.78 is 3.37. The molecule has 0 bridgehead atoms. The molecule has 0 spiro atoms. The number of aliphatic hydroxyl groups excluding tert-OH is 1. The Bertz CT molecular complexity index is 742. The van der Waals surface area contributed by atoms with Gasteiger partial charge in [0, 0.05) is 25.9 Å². The summed E-state index contributed by atoms with van der Waals surface area (Å²) in [6, 6.07) is 1.72. The Morgan fingerprint density at radius 1 is 1.40 bits per heavy atom. The maximum Gasteiger partial charge on any atom is 0.270 e. The first-order valence-electron chi connectivity index (χ1n) is 8.84. The summed E-state index contributed by atoms with van der Waals surface area (Å²) in [7, 11) is 3.65. The van der Waals surface area contributed by atoms with Crippen LogP contribution in [-0.2, 0) is 20.5 Å². The van der Waals surface area contributed by atoms with Crippen LogP contribution >= 0.6 is 0 Å². The van der Waals surface area contributed by atoms with Crippen molar-refractivity contribution in [3.05, 3.63) is 35.4 Å². The van der Waals surface area contributed by atoms with E-state index in [1.807, 2.05) is 19.3 Å². The molecule has 0 aliphatic heterocycles. The van der Waals surface area contributed by atoms with E-state index in [4.69, 9.17) is 0 Å². The zero-order valence-corrected chi connectivity index (χ0v) is 15.3. The van der Waals surface area contributed by atoms with Gasteiger partial charge >= 0.3 is 0 Å². The van der Waals surface area contributed by atoms with Crippen LogP contribution < -0.4 is 5.32 Å². The number of carbonyl (C=O) groups is 1. The second-order valence-electron chi connectivity index (χ2n) is 7.53. The van der Waals surface area contributed by atoms with Crippen molar-refractivity contribution in [3.63, 3.8) is 0 Å². The van der Waals surface area contributed by atoms with Crippen molar-refractivity contribution in [2.24, 2.45) is 25.9 Å². The van der Waals surface area contributed by atoms with E-state index in [1.165, 1.54) is 0 Å². The van der Waals surface area contributed by atoms with Crippen LogP contribution in [0, 0.1) is 11.8 Å². The number of hydrogen-bond acceptors (Lipinski definition) is 4. The molecule has 25 heavy (non-hydrogen) atoms. The average molecular weight is 345 g/mol. The highest BCUT2D eigenvalue weighted by Gasteiger charge is 2.36. The predicted molar refractivity (Wildman–Crippen MR) is 93.9 cm³/mol. The van der Waals surface area contributed by atoms with Crippen LogP contribution in [0.15, 0.2) is 18.5 Å². The zero-order valence-electron chi connectivity index (χ0n) is 15.3. The summed E-state index contributed by atoms with van der Waals surface area (Å²) in [5.74, 6) is 0.581. The second kappa shape index (κ2) is 7.00. The molecule has 1 amide bonds. The molecule has 1 saturated carbocycles. The lowest BCUT2D eigenvalue weighted by Gasteiger charge is -2.37. The van der Waals surface area contributed by atoms with Crippen molar-refractivity contribution in [2.45, 2.75) is 45.3 Å². The van der Waals surface area contributed by atoms with Gasteiger partial charge in [-0.2, -0.15) is 10.2 Å². The summed E-state index contributed by atoms with van der Waals surface area (Å²) in [4.78, 5) is 12.8. The van der Waals surface area contributed by atoms with Gasteiger partial charge in [-0.05, 0) is 37.2 Å². The maximum atomic E-state index is 12.8. The molecule has 0 unspecified atom stereocenters. The Morgan fingerprint density at radius 2 is 2.12 bits per heavy atom. The van der Waals surface area contributed by atoms with Gasteiger partial charge in [-0.3, -0.25) is 14.2 Å². The Morgan fingerprint density at radius 3 is 2.68 bits per heavy atom. The fraction of sp³-hybridized carbons (Fsp3) is 0.611. The van der Waals surface area contributed by atoms with Gasteiger partial charge in [0.15, 0.2) is 0 Å². The third kappa shape index (κ3) is 3.92. The number of hydrogen-bond donors (Lipinski definition) is 2. The Kier molecular flexibility index (Phi) is 4.94. The summed E-state index contributed by atoms with van der Waals surface area (Å²) in [6.07, 6.45) is 5.68. The highest BCUT2D eigenvalue weighted by atomic mass is 16.3. The maximum absolute atomic E-state index is 12.8. The van der Waals surface area contributed by atoms with Crippen molar-refractivity contribution in [2.75, 3.05) is 0 Å². The van der Waals surface area contributed by atoms with Crippen molar-refractivity contribution in [1.29, 1.82) is 0 Å². The average Bonchev–Trinajstić information content (AvgIpc) is 3.07. The molecule has 1 atom stereocenters. The fourth-order valence-corrected chi connectivity index (χ4v) is 3.45. The molecule has 1 fully saturated rings. The number of rotatable bonds is 6. The molecule has 2 N–H and O–H groups in total. The molecule has 2 aromatic rings. The minimum absolute atomic E-state index is 0.139. The minimum Gasteiger partial charge on any atom is -0.393 e. The third-order valence-electron chi connectivity index (χ3n) is 4.77. The van der Waals surface area contributed by atoms with Crippen molar-refractivity contribution >= 4 is 5.91 Å². The number of amides is 1. The van der Waals surface area contributed by atoms with Gasteiger partial charge in [0.1, 0.15) is 5.69 Å². The van der Waals surface area contributed by atoms with Crippen LogP contribution in [-0.4, -0.2) is 36.7 Å². The van der Waals surface area contributed by atoms with Crippen molar-refractivity contribution in [1.82, 2.24) is 24.9 Å². The number of nitrogens with zero attached hydrogens (tertiary/aromatic N) is 4. The van der Waals surface area contributed by atoms with Crippen LogP contribution in [0.2, 0.25) is 0 Å². The van der Waals surface area contributed by atoms with Gasteiger partial charge in [0.25, 0.3) is 5.91 Å². The lowest BCUT2D eigenvalue weighted by atomic mass is 9.75. The topological polar surface area (TPSA) is 85.0 Å². The Balaban J connectivity index is 1.77. The zero-order chi connectivity index (χ0) is 18.1. The van der Waals surface area contributed by atoms with Gasteiger partial charge in [-0.1, -0.05) is 13.8 Å². The van der Waals surface area contributed by atoms with Gasteiger partial charge in [-0.25, -0.2) is 0 Å². The quantitative estimate of drug-likeness (QED) is 0.833. The SMILES string of the molecule is CC(C)Cc1cc(C(=O)N[C@@H](c2cnn(C)c2)C2CC(O)C2)n(C)n1. The third-order valence-corrected chi connectivity index (χ3v) is 4.77. The molecule has 1 aliphatic carbocycles. The monoisotopic (exact) mass is 345 g/mol. The normalized spacial score (nSPS) is 21.2.